The first-order valence-corrected chi connectivity index (χ1v) is 21.9. The molecular weight excluding hydrogens is 729 g/mol. The third-order valence-corrected chi connectivity index (χ3v) is 17.0. The Labute approximate surface area is 344 Å². The van der Waals surface area contributed by atoms with Crippen molar-refractivity contribution in [3.63, 3.8) is 0 Å². The molecule has 0 bridgehead atoms. The zero-order valence-electron chi connectivity index (χ0n) is 36.0. The highest BCUT2D eigenvalue weighted by molar-refractivity contribution is 5.88. The van der Waals surface area contributed by atoms with Crippen LogP contribution in [0.5, 0.6) is 11.5 Å². The Balaban J connectivity index is 0.912. The molecule has 1 heterocycles. The summed E-state index contributed by atoms with van der Waals surface area (Å²) >= 11 is 0. The normalized spacial score (nSPS) is 34.9. The Morgan fingerprint density at radius 1 is 0.776 bits per heavy atom. The van der Waals surface area contributed by atoms with E-state index in [2.05, 4.69) is 54.5 Å². The van der Waals surface area contributed by atoms with E-state index in [9.17, 15) is 19.5 Å². The number of hydrogen-bond acceptors (Lipinski definition) is 8. The van der Waals surface area contributed by atoms with Crippen LogP contribution < -0.4 is 10.2 Å². The highest BCUT2D eigenvalue weighted by atomic mass is 16.6. The maximum absolute atomic E-state index is 13.4. The summed E-state index contributed by atoms with van der Waals surface area (Å²) in [4.78, 5) is 39.8. The van der Waals surface area contributed by atoms with Crippen LogP contribution in [-0.4, -0.2) is 36.4 Å². The van der Waals surface area contributed by atoms with Gasteiger partial charge in [0.15, 0.2) is 11.3 Å². The summed E-state index contributed by atoms with van der Waals surface area (Å²) in [7, 11) is 1.91. The summed E-state index contributed by atoms with van der Waals surface area (Å²) < 4.78 is 23.8. The number of phenols is 1. The van der Waals surface area contributed by atoms with Gasteiger partial charge in [0, 0.05) is 12.5 Å². The number of hydrogen-bond donors (Lipinski definition) is 1. The van der Waals surface area contributed by atoms with E-state index >= 15 is 0 Å². The van der Waals surface area contributed by atoms with Gasteiger partial charge in [0.25, 0.3) is 0 Å². The van der Waals surface area contributed by atoms with Crippen LogP contribution in [0.25, 0.3) is 22.1 Å². The van der Waals surface area contributed by atoms with E-state index in [-0.39, 0.29) is 63.1 Å². The van der Waals surface area contributed by atoms with E-state index in [0.717, 1.165) is 25.7 Å². The molecule has 1 N–H and O–H groups in total. The molecule has 312 valence electrons. The van der Waals surface area contributed by atoms with Crippen molar-refractivity contribution in [3.05, 3.63) is 70.6 Å². The number of rotatable bonds is 7. The number of benzene rings is 2. The third-order valence-electron chi connectivity index (χ3n) is 17.0. The van der Waals surface area contributed by atoms with Gasteiger partial charge in [-0.1, -0.05) is 78.3 Å². The number of allylic oxidation sites excluding steroid dienone is 2. The Kier molecular flexibility index (Phi) is 10.3. The number of ether oxygens (including phenoxy) is 3. The smallest absolute Gasteiger partial charge is 0.311 e. The summed E-state index contributed by atoms with van der Waals surface area (Å²) in [5.41, 5.74) is 3.21. The molecule has 0 radical (unpaired) electrons. The van der Waals surface area contributed by atoms with Crippen molar-refractivity contribution in [2.45, 2.75) is 138 Å². The lowest BCUT2D eigenvalue weighted by Gasteiger charge is -2.64. The first-order valence-electron chi connectivity index (χ1n) is 21.9. The molecule has 0 spiro atoms. The molecule has 5 aliphatic carbocycles. The lowest BCUT2D eigenvalue weighted by Crippen LogP contribution is -2.58. The number of carbonyl (C=O) groups excluding carboxylic acids is 2. The standard InChI is InChI=1S/C50H64O8/c1-46(2)38-22-25-48(5)28-31-14-18-37-47(3,4)41(24-26-49(37,6)35(31)17-19-39(48)50(38,7)27-23-40(46)55-8)58-43(53)21-20-42(52)57-36-11-9-10-33-44(54)34(29-56-45(33)36)30-12-15-32(51)16-13-30/h9-16,29,35,37-41,51H,17-28H2,1-8H3/t35-,37-,38-,39-,40-,41+,48-,49+,50-/m0/s1. The van der Waals surface area contributed by atoms with E-state index in [4.69, 9.17) is 18.6 Å². The van der Waals surface area contributed by atoms with E-state index in [0.29, 0.717) is 51.7 Å². The van der Waals surface area contributed by atoms with Crippen molar-refractivity contribution in [1.82, 2.24) is 0 Å². The van der Waals surface area contributed by atoms with Crippen molar-refractivity contribution in [2.75, 3.05) is 7.11 Å². The SMILES string of the molecule is CO[C@H]1CC[C@@]2(C)[C@@H](CC[C@@]3(C)CC4=CC[C@H]5C(C)(C)[C@H](OC(=O)CCC(=O)Oc6cccc7c(=O)c(-c8ccc(O)cc8)coc67)CC[C@]5(C)[C@H]4CC[C@@H]32)C1(C)C. The van der Waals surface area contributed by atoms with Crippen LogP contribution in [0.4, 0.5) is 0 Å². The predicted molar refractivity (Wildman–Crippen MR) is 225 cm³/mol. The van der Waals surface area contributed by atoms with E-state index in [1.165, 1.54) is 56.9 Å². The van der Waals surface area contributed by atoms with Gasteiger partial charge in [0.2, 0.25) is 5.43 Å². The first kappa shape index (κ1) is 40.9. The van der Waals surface area contributed by atoms with Gasteiger partial charge in [-0.05, 0) is 139 Å². The molecule has 58 heavy (non-hydrogen) atoms. The van der Waals surface area contributed by atoms with Crippen molar-refractivity contribution >= 4 is 22.9 Å². The average Bonchev–Trinajstić information content (AvgIpc) is 3.33. The summed E-state index contributed by atoms with van der Waals surface area (Å²) in [6, 6.07) is 11.1. The largest absolute Gasteiger partial charge is 0.508 e. The molecule has 3 aromatic rings. The lowest BCUT2D eigenvalue weighted by molar-refractivity contribution is -0.178. The molecule has 1 aromatic heterocycles. The highest BCUT2D eigenvalue weighted by Crippen LogP contribution is 2.70. The molecule has 5 aliphatic rings. The molecule has 0 unspecified atom stereocenters. The molecule has 4 saturated carbocycles. The topological polar surface area (TPSA) is 112 Å². The van der Waals surface area contributed by atoms with Crippen LogP contribution in [0, 0.1) is 50.7 Å². The minimum absolute atomic E-state index is 0.0941. The molecule has 8 rings (SSSR count). The lowest BCUT2D eigenvalue weighted by atomic mass is 9.42. The van der Waals surface area contributed by atoms with Gasteiger partial charge in [-0.25, -0.2) is 0 Å². The molecule has 2 aromatic carbocycles. The molecule has 8 heteroatoms. The molecule has 0 amide bonds. The van der Waals surface area contributed by atoms with Gasteiger partial charge in [-0.2, -0.15) is 0 Å². The average molecular weight is 793 g/mol. The van der Waals surface area contributed by atoms with Crippen LogP contribution in [0.3, 0.4) is 0 Å². The van der Waals surface area contributed by atoms with Crippen LogP contribution in [-0.2, 0) is 19.1 Å². The molecular formula is C50H64O8. The minimum atomic E-state index is -0.603. The Morgan fingerprint density at radius 2 is 1.47 bits per heavy atom. The van der Waals surface area contributed by atoms with Crippen LogP contribution in [0.1, 0.15) is 126 Å². The fraction of sp³-hybridized carbons (Fsp3) is 0.620. The number of aromatic hydroxyl groups is 1. The fourth-order valence-electron chi connectivity index (χ4n) is 14.2. The molecule has 4 fully saturated rings. The van der Waals surface area contributed by atoms with Gasteiger partial charge >= 0.3 is 11.9 Å². The van der Waals surface area contributed by atoms with E-state index in [1.807, 2.05) is 7.11 Å². The third kappa shape index (κ3) is 6.64. The number of methoxy groups -OCH3 is 1. The van der Waals surface area contributed by atoms with Gasteiger partial charge in [-0.15, -0.1) is 0 Å². The summed E-state index contributed by atoms with van der Waals surface area (Å²) in [6.45, 7) is 17.3. The van der Waals surface area contributed by atoms with Gasteiger partial charge in [0.05, 0.1) is 29.9 Å². The zero-order chi connectivity index (χ0) is 41.4. The van der Waals surface area contributed by atoms with Crippen molar-refractivity contribution in [2.24, 2.45) is 50.7 Å². The highest BCUT2D eigenvalue weighted by Gasteiger charge is 2.63. The molecule has 0 aliphatic heterocycles. The molecule has 9 atom stereocenters. The maximum Gasteiger partial charge on any atom is 0.311 e. The number of esters is 2. The van der Waals surface area contributed by atoms with Crippen molar-refractivity contribution in [3.8, 4) is 22.6 Å². The van der Waals surface area contributed by atoms with Crippen LogP contribution in [0.2, 0.25) is 0 Å². The van der Waals surface area contributed by atoms with E-state index in [1.54, 1.807) is 35.9 Å². The van der Waals surface area contributed by atoms with E-state index < -0.39 is 11.9 Å². The number of fused-ring (bicyclic) bond motifs is 7. The molecule has 0 saturated heterocycles. The minimum Gasteiger partial charge on any atom is -0.508 e. The predicted octanol–water partition coefficient (Wildman–Crippen LogP) is 11.2. The second kappa shape index (κ2) is 14.7. The van der Waals surface area contributed by atoms with Gasteiger partial charge in [0.1, 0.15) is 18.1 Å². The van der Waals surface area contributed by atoms with Crippen molar-refractivity contribution in [1.29, 1.82) is 0 Å². The second-order valence-corrected chi connectivity index (χ2v) is 20.7. The second-order valence-electron chi connectivity index (χ2n) is 20.7. The van der Waals surface area contributed by atoms with Gasteiger partial charge < -0.3 is 23.7 Å². The Bertz CT molecular complexity index is 2160. The first-order chi connectivity index (χ1) is 27.4. The monoisotopic (exact) mass is 792 g/mol. The number of para-hydroxylation sites is 1. The number of phenolic OH excluding ortho intramolecular Hbond substituents is 1. The van der Waals surface area contributed by atoms with Crippen molar-refractivity contribution < 1.29 is 33.3 Å². The van der Waals surface area contributed by atoms with Crippen LogP contribution >= 0.6 is 0 Å². The Hall–Kier alpha value is -3.91. The quantitative estimate of drug-likeness (QED) is 0.143. The summed E-state index contributed by atoms with van der Waals surface area (Å²) in [5.74, 6) is 1.51. The Morgan fingerprint density at radius 3 is 2.21 bits per heavy atom. The summed E-state index contributed by atoms with van der Waals surface area (Å²) in [6.07, 6.45) is 15.3. The summed E-state index contributed by atoms with van der Waals surface area (Å²) in [5, 5.41) is 9.91. The van der Waals surface area contributed by atoms with Gasteiger partial charge in [-0.3, -0.25) is 14.4 Å². The maximum atomic E-state index is 13.4. The van der Waals surface area contributed by atoms with Crippen LogP contribution in [0.15, 0.2) is 69.6 Å². The number of carbonyl (C=O) groups is 2. The zero-order valence-corrected chi connectivity index (χ0v) is 36.0. The molecule has 8 nitrogen and oxygen atoms in total. The fourth-order valence-corrected chi connectivity index (χ4v) is 14.2.